The largest absolute Gasteiger partial charge is 0.322 e. The van der Waals surface area contributed by atoms with E-state index in [2.05, 4.69) is 10.0 Å². The smallest absolute Gasteiger partial charge is 0.261 e. The van der Waals surface area contributed by atoms with Crippen molar-refractivity contribution in [3.05, 3.63) is 124 Å². The molecule has 0 spiro atoms. The van der Waals surface area contributed by atoms with Crippen molar-refractivity contribution in [3.63, 3.8) is 0 Å². The van der Waals surface area contributed by atoms with Gasteiger partial charge in [0, 0.05) is 27.8 Å². The number of benzene rings is 4. The van der Waals surface area contributed by atoms with Gasteiger partial charge in [-0.05, 0) is 77.9 Å². The normalized spacial score (nSPS) is 15.2. The molecule has 4 aromatic rings. The molecule has 1 saturated heterocycles. The van der Waals surface area contributed by atoms with Gasteiger partial charge in [0.1, 0.15) is 5.37 Å². The summed E-state index contributed by atoms with van der Waals surface area (Å²) in [6.45, 7) is 0.468. The predicted octanol–water partition coefficient (Wildman–Crippen LogP) is 6.82. The third-order valence-corrected chi connectivity index (χ3v) is 9.33. The van der Waals surface area contributed by atoms with Crippen LogP contribution in [0.25, 0.3) is 0 Å². The average Bonchev–Trinajstić information content (AvgIpc) is 3.29. The van der Waals surface area contributed by atoms with E-state index in [1.165, 1.54) is 30.3 Å². The minimum absolute atomic E-state index is 0.0431. The molecule has 1 atom stereocenters. The van der Waals surface area contributed by atoms with Crippen molar-refractivity contribution in [1.82, 2.24) is 4.90 Å². The van der Waals surface area contributed by atoms with Gasteiger partial charge in [0.15, 0.2) is 0 Å². The summed E-state index contributed by atoms with van der Waals surface area (Å²) in [7, 11) is -3.83. The summed E-state index contributed by atoms with van der Waals surface area (Å²) in [4.78, 5) is 27.3. The summed E-state index contributed by atoms with van der Waals surface area (Å²) in [6.07, 6.45) is 0. The first-order chi connectivity index (χ1) is 19.2. The summed E-state index contributed by atoms with van der Waals surface area (Å²) in [5.74, 6) is 0.105. The van der Waals surface area contributed by atoms with Gasteiger partial charge in [0.25, 0.3) is 15.9 Å². The van der Waals surface area contributed by atoms with E-state index in [-0.39, 0.29) is 22.1 Å². The number of hydrogen-bond donors (Lipinski definition) is 2. The second-order valence-corrected chi connectivity index (χ2v) is 12.7. The van der Waals surface area contributed by atoms with Crippen molar-refractivity contribution in [2.45, 2.75) is 16.8 Å². The van der Waals surface area contributed by atoms with Gasteiger partial charge in [-0.3, -0.25) is 14.3 Å². The minimum Gasteiger partial charge on any atom is -0.322 e. The zero-order chi connectivity index (χ0) is 28.3. The number of anilines is 2. The number of hydrogen-bond acceptors (Lipinski definition) is 5. The van der Waals surface area contributed by atoms with Crippen molar-refractivity contribution in [1.29, 1.82) is 0 Å². The summed E-state index contributed by atoms with van der Waals surface area (Å²) < 4.78 is 27.9. The van der Waals surface area contributed by atoms with Gasteiger partial charge in [0.05, 0.1) is 16.3 Å². The van der Waals surface area contributed by atoms with Crippen molar-refractivity contribution in [2.24, 2.45) is 0 Å². The molecule has 2 amide bonds. The lowest BCUT2D eigenvalue weighted by Crippen LogP contribution is -2.27. The van der Waals surface area contributed by atoms with E-state index >= 15 is 0 Å². The molecule has 1 heterocycles. The number of carbonyl (C=O) groups excluding carboxylic acids is 2. The standard InChI is InChI=1S/C29H23Cl2N3O4S2/c30-22-10-4-19(5-11-22)17-34-27(35)18-39-29(34)21-8-6-20(7-9-21)28(36)32-24-12-14-26(15-13-24)40(37,38)33-25-3-1-2-23(31)16-25/h1-16,29,33H,17-18H2,(H,32,36)/t29-/m1/s1. The molecule has 1 aliphatic rings. The fourth-order valence-electron chi connectivity index (χ4n) is 4.17. The molecule has 2 N–H and O–H groups in total. The van der Waals surface area contributed by atoms with Crippen molar-refractivity contribution < 1.29 is 18.0 Å². The molecule has 40 heavy (non-hydrogen) atoms. The molecule has 1 fully saturated rings. The van der Waals surface area contributed by atoms with E-state index in [0.717, 1.165) is 11.1 Å². The first kappa shape index (κ1) is 28.0. The molecule has 0 radical (unpaired) electrons. The van der Waals surface area contributed by atoms with E-state index in [1.807, 2.05) is 29.2 Å². The molecule has 7 nitrogen and oxygen atoms in total. The Balaban J connectivity index is 1.23. The van der Waals surface area contributed by atoms with Crippen LogP contribution in [0.4, 0.5) is 11.4 Å². The van der Waals surface area contributed by atoms with Crippen LogP contribution >= 0.6 is 35.0 Å². The van der Waals surface area contributed by atoms with Gasteiger partial charge < -0.3 is 10.2 Å². The van der Waals surface area contributed by atoms with Crippen LogP contribution in [0.15, 0.2) is 102 Å². The van der Waals surface area contributed by atoms with Gasteiger partial charge in [-0.15, -0.1) is 11.8 Å². The van der Waals surface area contributed by atoms with Gasteiger partial charge in [0.2, 0.25) is 5.91 Å². The van der Waals surface area contributed by atoms with E-state index in [1.54, 1.807) is 54.2 Å². The second kappa shape index (κ2) is 11.9. The van der Waals surface area contributed by atoms with Crippen LogP contribution in [0, 0.1) is 0 Å². The van der Waals surface area contributed by atoms with Crippen LogP contribution in [-0.2, 0) is 21.4 Å². The van der Waals surface area contributed by atoms with E-state index in [0.29, 0.717) is 39.3 Å². The van der Waals surface area contributed by atoms with Crippen LogP contribution in [0.2, 0.25) is 10.0 Å². The Kier molecular flexibility index (Phi) is 8.37. The first-order valence-electron chi connectivity index (χ1n) is 12.1. The molecule has 0 aromatic heterocycles. The monoisotopic (exact) mass is 611 g/mol. The van der Waals surface area contributed by atoms with Crippen LogP contribution in [0.3, 0.4) is 0 Å². The highest BCUT2D eigenvalue weighted by Gasteiger charge is 2.32. The average molecular weight is 613 g/mol. The van der Waals surface area contributed by atoms with Gasteiger partial charge >= 0.3 is 0 Å². The molecule has 0 aliphatic carbocycles. The number of sulfonamides is 1. The molecule has 0 saturated carbocycles. The highest BCUT2D eigenvalue weighted by atomic mass is 35.5. The molecular weight excluding hydrogens is 589 g/mol. The number of rotatable bonds is 8. The molecule has 0 unspecified atom stereocenters. The fourth-order valence-corrected chi connectivity index (χ4v) is 6.73. The maximum Gasteiger partial charge on any atom is 0.261 e. The first-order valence-corrected chi connectivity index (χ1v) is 15.4. The van der Waals surface area contributed by atoms with Crippen LogP contribution in [0.5, 0.6) is 0 Å². The topological polar surface area (TPSA) is 95.6 Å². The molecule has 5 rings (SSSR count). The maximum absolute atomic E-state index is 12.9. The van der Waals surface area contributed by atoms with Crippen LogP contribution < -0.4 is 10.0 Å². The highest BCUT2D eigenvalue weighted by Crippen LogP contribution is 2.39. The summed E-state index contributed by atoms with van der Waals surface area (Å²) in [5.41, 5.74) is 3.13. The Morgan fingerprint density at radius 3 is 2.25 bits per heavy atom. The van der Waals surface area contributed by atoms with E-state index in [4.69, 9.17) is 23.2 Å². The summed E-state index contributed by atoms with van der Waals surface area (Å²) in [5, 5.41) is 3.68. The summed E-state index contributed by atoms with van der Waals surface area (Å²) >= 11 is 13.5. The second-order valence-electron chi connectivity index (χ2n) is 9.03. The Hall–Kier alpha value is -3.50. The molecule has 204 valence electrons. The third kappa shape index (κ3) is 6.62. The molecule has 0 bridgehead atoms. The van der Waals surface area contributed by atoms with Crippen molar-refractivity contribution in [3.8, 4) is 0 Å². The summed E-state index contributed by atoms with van der Waals surface area (Å²) in [6, 6.07) is 26.8. The molecule has 11 heteroatoms. The number of carbonyl (C=O) groups is 2. The number of thioether (sulfide) groups is 1. The third-order valence-electron chi connectivity index (χ3n) is 6.19. The number of nitrogens with one attached hydrogen (secondary N) is 2. The van der Waals surface area contributed by atoms with Gasteiger partial charge in [-0.25, -0.2) is 8.42 Å². The molecule has 4 aromatic carbocycles. The molecular formula is C29H23Cl2N3O4S2. The molecule has 1 aliphatic heterocycles. The zero-order valence-corrected chi connectivity index (χ0v) is 24.0. The van der Waals surface area contributed by atoms with E-state index < -0.39 is 10.0 Å². The number of halogens is 2. The van der Waals surface area contributed by atoms with Gasteiger partial charge in [-0.1, -0.05) is 53.5 Å². The Morgan fingerprint density at radius 1 is 0.875 bits per heavy atom. The Morgan fingerprint density at radius 2 is 1.57 bits per heavy atom. The quantitative estimate of drug-likeness (QED) is 0.228. The van der Waals surface area contributed by atoms with Crippen LogP contribution in [-0.4, -0.2) is 30.9 Å². The maximum atomic E-state index is 12.9. The van der Waals surface area contributed by atoms with Crippen LogP contribution in [0.1, 0.15) is 26.9 Å². The fraction of sp³-hybridized carbons (Fsp3) is 0.103. The lowest BCUT2D eigenvalue weighted by molar-refractivity contribution is -0.128. The van der Waals surface area contributed by atoms with Gasteiger partial charge in [-0.2, -0.15) is 0 Å². The SMILES string of the molecule is O=C(Nc1ccc(S(=O)(=O)Nc2cccc(Cl)c2)cc1)c1ccc([C@H]2SCC(=O)N2Cc2ccc(Cl)cc2)cc1. The lowest BCUT2D eigenvalue weighted by atomic mass is 10.1. The van der Waals surface area contributed by atoms with Crippen molar-refractivity contribution in [2.75, 3.05) is 15.8 Å². The number of nitrogens with zero attached hydrogens (tertiary/aromatic N) is 1. The minimum atomic E-state index is -3.83. The Bertz CT molecular complexity index is 1650. The number of amides is 2. The highest BCUT2D eigenvalue weighted by molar-refractivity contribution is 8.00. The predicted molar refractivity (Wildman–Crippen MR) is 160 cm³/mol. The Labute approximate surface area is 246 Å². The van der Waals surface area contributed by atoms with E-state index in [9.17, 15) is 18.0 Å². The van der Waals surface area contributed by atoms with Crippen molar-refractivity contribution >= 4 is 68.2 Å². The zero-order valence-electron chi connectivity index (χ0n) is 20.9. The lowest BCUT2D eigenvalue weighted by Gasteiger charge is -2.24.